The first-order chi connectivity index (χ1) is 8.04. The first kappa shape index (κ1) is 12.8. The van der Waals surface area contributed by atoms with Gasteiger partial charge in [0.05, 0.1) is 6.10 Å². The molecule has 2 rings (SSSR count). The molecule has 1 amide bonds. The highest BCUT2D eigenvalue weighted by atomic mass is 16.5. The molecule has 2 atom stereocenters. The van der Waals surface area contributed by atoms with Crippen LogP contribution in [0.2, 0.25) is 0 Å². The maximum Gasteiger partial charge on any atom is 0.221 e. The SMILES string of the molecule is COC1CC(NC(=O)CCNC2CC2)C1(C)C. The van der Waals surface area contributed by atoms with Crippen LogP contribution >= 0.6 is 0 Å². The lowest BCUT2D eigenvalue weighted by Crippen LogP contribution is -2.61. The van der Waals surface area contributed by atoms with Gasteiger partial charge in [0.15, 0.2) is 0 Å². The molecule has 0 aromatic rings. The Morgan fingerprint density at radius 3 is 2.65 bits per heavy atom. The highest BCUT2D eigenvalue weighted by Gasteiger charge is 2.49. The molecule has 2 unspecified atom stereocenters. The minimum atomic E-state index is 0.0638. The van der Waals surface area contributed by atoms with E-state index in [1.54, 1.807) is 7.11 Å². The predicted octanol–water partition coefficient (Wildman–Crippen LogP) is 1.06. The van der Waals surface area contributed by atoms with E-state index >= 15 is 0 Å². The Morgan fingerprint density at radius 2 is 2.12 bits per heavy atom. The molecule has 0 heterocycles. The zero-order valence-corrected chi connectivity index (χ0v) is 11.1. The standard InChI is InChI=1S/C13H24N2O2/c1-13(2)10(8-11(13)17-3)15-12(16)6-7-14-9-4-5-9/h9-11,14H,4-8H2,1-3H3,(H,15,16). The lowest BCUT2D eigenvalue weighted by molar-refractivity contribution is -0.132. The Bertz CT molecular complexity index is 287. The lowest BCUT2D eigenvalue weighted by Gasteiger charge is -2.51. The van der Waals surface area contributed by atoms with Crippen LogP contribution in [0.15, 0.2) is 0 Å². The Kier molecular flexibility index (Phi) is 3.73. The Balaban J connectivity index is 1.64. The second-order valence-corrected chi connectivity index (χ2v) is 5.88. The molecule has 98 valence electrons. The monoisotopic (exact) mass is 240 g/mol. The quantitative estimate of drug-likeness (QED) is 0.730. The fraction of sp³-hybridized carbons (Fsp3) is 0.923. The summed E-state index contributed by atoms with van der Waals surface area (Å²) in [7, 11) is 1.74. The number of carbonyl (C=O) groups is 1. The van der Waals surface area contributed by atoms with E-state index in [1.165, 1.54) is 12.8 Å². The van der Waals surface area contributed by atoms with Crippen molar-refractivity contribution < 1.29 is 9.53 Å². The first-order valence-corrected chi connectivity index (χ1v) is 6.59. The molecule has 4 nitrogen and oxygen atoms in total. The summed E-state index contributed by atoms with van der Waals surface area (Å²) in [5.41, 5.74) is 0.0638. The van der Waals surface area contributed by atoms with Gasteiger partial charge in [-0.2, -0.15) is 0 Å². The van der Waals surface area contributed by atoms with Crippen molar-refractivity contribution in [3.63, 3.8) is 0 Å². The van der Waals surface area contributed by atoms with Crippen molar-refractivity contribution in [2.24, 2.45) is 5.41 Å². The van der Waals surface area contributed by atoms with Crippen molar-refractivity contribution in [1.29, 1.82) is 0 Å². The second kappa shape index (κ2) is 4.94. The zero-order valence-electron chi connectivity index (χ0n) is 11.1. The molecular formula is C13H24N2O2. The number of hydrogen-bond acceptors (Lipinski definition) is 3. The van der Waals surface area contributed by atoms with Crippen LogP contribution in [0, 0.1) is 5.41 Å². The van der Waals surface area contributed by atoms with Crippen LogP contribution < -0.4 is 10.6 Å². The zero-order chi connectivity index (χ0) is 12.5. The van der Waals surface area contributed by atoms with Crippen LogP contribution in [0.25, 0.3) is 0 Å². The van der Waals surface area contributed by atoms with E-state index in [2.05, 4.69) is 24.5 Å². The van der Waals surface area contributed by atoms with E-state index in [-0.39, 0.29) is 23.5 Å². The van der Waals surface area contributed by atoms with Gasteiger partial charge in [0.25, 0.3) is 0 Å². The molecule has 2 aliphatic carbocycles. The molecule has 0 spiro atoms. The lowest BCUT2D eigenvalue weighted by atomic mass is 9.64. The normalized spacial score (nSPS) is 30.8. The third-order valence-electron chi connectivity index (χ3n) is 4.16. The third kappa shape index (κ3) is 2.99. The molecule has 17 heavy (non-hydrogen) atoms. The summed E-state index contributed by atoms with van der Waals surface area (Å²) in [6.07, 6.45) is 4.34. The van der Waals surface area contributed by atoms with Crippen LogP contribution in [0.4, 0.5) is 0 Å². The summed E-state index contributed by atoms with van der Waals surface area (Å²) >= 11 is 0. The molecule has 0 aliphatic heterocycles. The van der Waals surface area contributed by atoms with E-state index < -0.39 is 0 Å². The second-order valence-electron chi connectivity index (χ2n) is 5.88. The van der Waals surface area contributed by atoms with E-state index in [9.17, 15) is 4.79 Å². The van der Waals surface area contributed by atoms with Crippen LogP contribution in [0.1, 0.15) is 39.5 Å². The van der Waals surface area contributed by atoms with Crippen LogP contribution in [0.3, 0.4) is 0 Å². The Hall–Kier alpha value is -0.610. The highest BCUT2D eigenvalue weighted by molar-refractivity contribution is 5.76. The maximum absolute atomic E-state index is 11.7. The fourth-order valence-corrected chi connectivity index (χ4v) is 2.47. The fourth-order valence-electron chi connectivity index (χ4n) is 2.47. The highest BCUT2D eigenvalue weighted by Crippen LogP contribution is 2.42. The molecule has 0 radical (unpaired) electrons. The summed E-state index contributed by atoms with van der Waals surface area (Å²) in [6, 6.07) is 0.946. The molecule has 2 aliphatic rings. The molecule has 2 saturated carbocycles. The molecule has 0 aromatic carbocycles. The van der Waals surface area contributed by atoms with Crippen molar-refractivity contribution in [1.82, 2.24) is 10.6 Å². The van der Waals surface area contributed by atoms with Gasteiger partial charge in [0.1, 0.15) is 0 Å². The number of amides is 1. The molecular weight excluding hydrogens is 216 g/mol. The number of methoxy groups -OCH3 is 1. The van der Waals surface area contributed by atoms with Crippen LogP contribution in [0.5, 0.6) is 0 Å². The van der Waals surface area contributed by atoms with Crippen molar-refractivity contribution in [3.8, 4) is 0 Å². The molecule has 0 aromatic heterocycles. The van der Waals surface area contributed by atoms with E-state index in [0.717, 1.165) is 13.0 Å². The molecule has 2 fully saturated rings. The number of rotatable bonds is 6. The van der Waals surface area contributed by atoms with Gasteiger partial charge in [-0.1, -0.05) is 13.8 Å². The summed E-state index contributed by atoms with van der Waals surface area (Å²) < 4.78 is 5.37. The van der Waals surface area contributed by atoms with Gasteiger partial charge in [0, 0.05) is 37.6 Å². The van der Waals surface area contributed by atoms with Gasteiger partial charge in [-0.3, -0.25) is 4.79 Å². The van der Waals surface area contributed by atoms with Gasteiger partial charge in [0.2, 0.25) is 5.91 Å². The number of hydrogen-bond donors (Lipinski definition) is 2. The van der Waals surface area contributed by atoms with Crippen molar-refractivity contribution in [2.75, 3.05) is 13.7 Å². The largest absolute Gasteiger partial charge is 0.381 e. The van der Waals surface area contributed by atoms with Gasteiger partial charge < -0.3 is 15.4 Å². The predicted molar refractivity (Wildman–Crippen MR) is 66.8 cm³/mol. The Morgan fingerprint density at radius 1 is 1.41 bits per heavy atom. The summed E-state index contributed by atoms with van der Waals surface area (Å²) in [5.74, 6) is 0.158. The van der Waals surface area contributed by atoms with Gasteiger partial charge >= 0.3 is 0 Å². The average molecular weight is 240 g/mol. The molecule has 2 N–H and O–H groups in total. The topological polar surface area (TPSA) is 50.4 Å². The van der Waals surface area contributed by atoms with Crippen LogP contribution in [-0.2, 0) is 9.53 Å². The van der Waals surface area contributed by atoms with Gasteiger partial charge in [-0.15, -0.1) is 0 Å². The molecule has 0 bridgehead atoms. The minimum Gasteiger partial charge on any atom is -0.381 e. The number of ether oxygens (including phenoxy) is 1. The Labute approximate surface area is 103 Å². The summed E-state index contributed by atoms with van der Waals surface area (Å²) in [4.78, 5) is 11.7. The third-order valence-corrected chi connectivity index (χ3v) is 4.16. The number of carbonyl (C=O) groups excluding carboxylic acids is 1. The summed E-state index contributed by atoms with van der Waals surface area (Å²) in [6.45, 7) is 5.10. The van der Waals surface area contributed by atoms with Crippen LogP contribution in [-0.4, -0.2) is 37.7 Å². The molecule has 4 heteroatoms. The van der Waals surface area contributed by atoms with E-state index in [0.29, 0.717) is 12.5 Å². The molecule has 0 saturated heterocycles. The van der Waals surface area contributed by atoms with Gasteiger partial charge in [-0.05, 0) is 19.3 Å². The summed E-state index contributed by atoms with van der Waals surface area (Å²) in [5, 5.41) is 6.46. The van der Waals surface area contributed by atoms with E-state index in [1.807, 2.05) is 0 Å². The van der Waals surface area contributed by atoms with E-state index in [4.69, 9.17) is 4.74 Å². The van der Waals surface area contributed by atoms with Gasteiger partial charge in [-0.25, -0.2) is 0 Å². The van der Waals surface area contributed by atoms with Crippen molar-refractivity contribution in [2.45, 2.75) is 57.7 Å². The van der Waals surface area contributed by atoms with Crippen molar-refractivity contribution >= 4 is 5.91 Å². The van der Waals surface area contributed by atoms with Crippen molar-refractivity contribution in [3.05, 3.63) is 0 Å². The maximum atomic E-state index is 11.7. The number of nitrogens with one attached hydrogen (secondary N) is 2. The minimum absolute atomic E-state index is 0.0638. The average Bonchev–Trinajstić information content (AvgIpc) is 3.07. The smallest absolute Gasteiger partial charge is 0.221 e. The first-order valence-electron chi connectivity index (χ1n) is 6.59.